The molecule has 1 heterocycles. The van der Waals surface area contributed by atoms with Crippen LogP contribution >= 0.6 is 11.8 Å². The van der Waals surface area contributed by atoms with Gasteiger partial charge in [0.05, 0.1) is 7.11 Å². The first-order chi connectivity index (χ1) is 12.2. The zero-order chi connectivity index (χ0) is 17.6. The Balaban J connectivity index is 1.88. The molecule has 5 heteroatoms. The number of nitrogens with zero attached hydrogens (tertiary/aromatic N) is 3. The van der Waals surface area contributed by atoms with E-state index in [4.69, 9.17) is 4.74 Å². The van der Waals surface area contributed by atoms with Crippen molar-refractivity contribution in [3.8, 4) is 17.1 Å². The molecule has 0 bridgehead atoms. The standard InChI is InChI=1S/C20H21N3OS/c1-4-12-23-19(16-10-7-8-15(2)13-16)21-22-20(23)25-14-17-9-5-6-11-18(17)24-3/h4-11,13H,1,12,14H2,2-3H3. The van der Waals surface area contributed by atoms with Crippen LogP contribution < -0.4 is 4.74 Å². The molecule has 0 saturated heterocycles. The molecule has 0 N–H and O–H groups in total. The molecule has 0 radical (unpaired) electrons. The summed E-state index contributed by atoms with van der Waals surface area (Å²) in [6, 6.07) is 16.3. The first-order valence-electron chi connectivity index (χ1n) is 8.08. The number of benzene rings is 2. The van der Waals surface area contributed by atoms with Crippen LogP contribution in [0.3, 0.4) is 0 Å². The van der Waals surface area contributed by atoms with E-state index in [0.717, 1.165) is 33.6 Å². The predicted molar refractivity (Wildman–Crippen MR) is 103 cm³/mol. The van der Waals surface area contributed by atoms with E-state index in [0.29, 0.717) is 6.54 Å². The number of para-hydroxylation sites is 1. The van der Waals surface area contributed by atoms with Crippen molar-refractivity contribution in [1.82, 2.24) is 14.8 Å². The molecule has 1 aromatic heterocycles. The molecule has 0 spiro atoms. The lowest BCUT2D eigenvalue weighted by atomic mass is 10.1. The Hall–Kier alpha value is -2.53. The zero-order valence-corrected chi connectivity index (χ0v) is 15.3. The van der Waals surface area contributed by atoms with E-state index < -0.39 is 0 Å². The highest BCUT2D eigenvalue weighted by Gasteiger charge is 2.14. The van der Waals surface area contributed by atoms with Crippen molar-refractivity contribution in [2.75, 3.05) is 7.11 Å². The topological polar surface area (TPSA) is 39.9 Å². The van der Waals surface area contributed by atoms with Crippen LogP contribution in [0.2, 0.25) is 0 Å². The van der Waals surface area contributed by atoms with E-state index in [2.05, 4.69) is 52.5 Å². The van der Waals surface area contributed by atoms with Crippen molar-refractivity contribution >= 4 is 11.8 Å². The van der Waals surface area contributed by atoms with Crippen LogP contribution in [0.1, 0.15) is 11.1 Å². The minimum atomic E-state index is 0.671. The normalized spacial score (nSPS) is 10.6. The van der Waals surface area contributed by atoms with E-state index in [1.54, 1.807) is 18.9 Å². The average Bonchev–Trinajstić information content (AvgIpc) is 3.03. The largest absolute Gasteiger partial charge is 0.496 e. The third-order valence-corrected chi connectivity index (χ3v) is 4.87. The monoisotopic (exact) mass is 351 g/mol. The van der Waals surface area contributed by atoms with Gasteiger partial charge in [-0.25, -0.2) is 0 Å². The summed E-state index contributed by atoms with van der Waals surface area (Å²) in [7, 11) is 1.69. The van der Waals surface area contributed by atoms with Gasteiger partial charge in [0.25, 0.3) is 0 Å². The van der Waals surface area contributed by atoms with Crippen LogP contribution in [-0.4, -0.2) is 21.9 Å². The first kappa shape index (κ1) is 17.3. The van der Waals surface area contributed by atoms with Crippen LogP contribution in [0, 0.1) is 6.92 Å². The molecule has 3 rings (SSSR count). The Morgan fingerprint density at radius 1 is 1.16 bits per heavy atom. The van der Waals surface area contributed by atoms with Crippen LogP contribution in [0.5, 0.6) is 5.75 Å². The van der Waals surface area contributed by atoms with Crippen LogP contribution in [0.15, 0.2) is 66.3 Å². The summed E-state index contributed by atoms with van der Waals surface area (Å²) < 4.78 is 7.53. The molecule has 128 valence electrons. The van der Waals surface area contributed by atoms with Gasteiger partial charge < -0.3 is 4.74 Å². The Kier molecular flexibility index (Phi) is 5.56. The predicted octanol–water partition coefficient (Wildman–Crippen LogP) is 4.74. The maximum Gasteiger partial charge on any atom is 0.192 e. The van der Waals surface area contributed by atoms with Crippen molar-refractivity contribution in [3.63, 3.8) is 0 Å². The number of hydrogen-bond donors (Lipinski definition) is 0. The molecule has 0 aliphatic heterocycles. The lowest BCUT2D eigenvalue weighted by Gasteiger charge is -2.10. The lowest BCUT2D eigenvalue weighted by molar-refractivity contribution is 0.411. The summed E-state index contributed by atoms with van der Waals surface area (Å²) in [5, 5.41) is 9.69. The summed E-state index contributed by atoms with van der Waals surface area (Å²) in [6.07, 6.45) is 1.87. The third-order valence-electron chi connectivity index (χ3n) is 3.85. The van der Waals surface area contributed by atoms with Gasteiger partial charge in [0.15, 0.2) is 11.0 Å². The van der Waals surface area contributed by atoms with Gasteiger partial charge in [-0.05, 0) is 19.1 Å². The number of ether oxygens (including phenoxy) is 1. The molecule has 0 aliphatic rings. The molecular formula is C20H21N3OS. The van der Waals surface area contributed by atoms with Crippen molar-refractivity contribution in [2.24, 2.45) is 0 Å². The molecule has 0 fully saturated rings. The second-order valence-electron chi connectivity index (χ2n) is 5.68. The van der Waals surface area contributed by atoms with Gasteiger partial charge in [-0.2, -0.15) is 0 Å². The second-order valence-corrected chi connectivity index (χ2v) is 6.62. The summed E-state index contributed by atoms with van der Waals surface area (Å²) in [5.41, 5.74) is 3.41. The van der Waals surface area contributed by atoms with E-state index in [1.165, 1.54) is 5.56 Å². The fraction of sp³-hybridized carbons (Fsp3) is 0.200. The number of thioether (sulfide) groups is 1. The molecule has 0 saturated carbocycles. The molecule has 4 nitrogen and oxygen atoms in total. The van der Waals surface area contributed by atoms with E-state index in [-0.39, 0.29) is 0 Å². The molecule has 25 heavy (non-hydrogen) atoms. The van der Waals surface area contributed by atoms with Gasteiger partial charge in [0, 0.05) is 23.4 Å². The van der Waals surface area contributed by atoms with Crippen LogP contribution in [0.25, 0.3) is 11.4 Å². The Morgan fingerprint density at radius 3 is 2.76 bits per heavy atom. The van der Waals surface area contributed by atoms with E-state index in [1.807, 2.05) is 30.3 Å². The van der Waals surface area contributed by atoms with E-state index in [9.17, 15) is 0 Å². The summed E-state index contributed by atoms with van der Waals surface area (Å²) in [6.45, 7) is 6.62. The Bertz CT molecular complexity index is 873. The number of aromatic nitrogens is 3. The van der Waals surface area contributed by atoms with Crippen molar-refractivity contribution in [1.29, 1.82) is 0 Å². The molecule has 0 unspecified atom stereocenters. The molecule has 0 amide bonds. The smallest absolute Gasteiger partial charge is 0.192 e. The highest BCUT2D eigenvalue weighted by atomic mass is 32.2. The highest BCUT2D eigenvalue weighted by molar-refractivity contribution is 7.98. The zero-order valence-electron chi connectivity index (χ0n) is 14.5. The number of aryl methyl sites for hydroxylation is 1. The summed E-state index contributed by atoms with van der Waals surface area (Å²) in [4.78, 5) is 0. The maximum absolute atomic E-state index is 5.43. The quantitative estimate of drug-likeness (QED) is 0.455. The van der Waals surface area contributed by atoms with Gasteiger partial charge in [-0.1, -0.05) is 59.8 Å². The first-order valence-corrected chi connectivity index (χ1v) is 9.07. The van der Waals surface area contributed by atoms with Gasteiger partial charge in [0.2, 0.25) is 0 Å². The number of hydrogen-bond acceptors (Lipinski definition) is 4. The van der Waals surface area contributed by atoms with Gasteiger partial charge in [-0.15, -0.1) is 16.8 Å². The minimum Gasteiger partial charge on any atom is -0.496 e. The van der Waals surface area contributed by atoms with Gasteiger partial charge in [0.1, 0.15) is 5.75 Å². The van der Waals surface area contributed by atoms with Crippen LogP contribution in [0.4, 0.5) is 0 Å². The highest BCUT2D eigenvalue weighted by Crippen LogP contribution is 2.29. The van der Waals surface area contributed by atoms with Crippen molar-refractivity contribution in [2.45, 2.75) is 24.4 Å². The van der Waals surface area contributed by atoms with Gasteiger partial charge >= 0.3 is 0 Å². The molecule has 2 aromatic carbocycles. The number of methoxy groups -OCH3 is 1. The fourth-order valence-corrected chi connectivity index (χ4v) is 3.59. The second kappa shape index (κ2) is 8.03. The third kappa shape index (κ3) is 3.94. The molecule has 3 aromatic rings. The number of allylic oxidation sites excluding steroid dienone is 1. The van der Waals surface area contributed by atoms with Gasteiger partial charge in [-0.3, -0.25) is 4.57 Å². The fourth-order valence-electron chi connectivity index (χ4n) is 2.65. The van der Waals surface area contributed by atoms with Crippen molar-refractivity contribution < 1.29 is 4.74 Å². The SMILES string of the molecule is C=CCn1c(SCc2ccccc2OC)nnc1-c1cccc(C)c1. The lowest BCUT2D eigenvalue weighted by Crippen LogP contribution is -2.01. The molecular weight excluding hydrogens is 330 g/mol. The average molecular weight is 351 g/mol. The van der Waals surface area contributed by atoms with E-state index >= 15 is 0 Å². The van der Waals surface area contributed by atoms with Crippen molar-refractivity contribution in [3.05, 3.63) is 72.3 Å². The maximum atomic E-state index is 5.43. The minimum absolute atomic E-state index is 0.671. The van der Waals surface area contributed by atoms with Crippen LogP contribution in [-0.2, 0) is 12.3 Å². The Labute approximate surface area is 152 Å². The molecule has 0 atom stereocenters. The molecule has 0 aliphatic carbocycles. The summed E-state index contributed by atoms with van der Waals surface area (Å²) >= 11 is 1.65. The number of rotatable bonds is 7. The Morgan fingerprint density at radius 2 is 2.00 bits per heavy atom. The summed E-state index contributed by atoms with van der Waals surface area (Å²) in [5.74, 6) is 2.53.